The fourth-order valence-electron chi connectivity index (χ4n) is 3.75. The van der Waals surface area contributed by atoms with Crippen LogP contribution >= 0.6 is 0 Å². The first-order valence-electron chi connectivity index (χ1n) is 8.78. The molecular formula is C19H23N3O3. The number of carbonyl (C=O) groups excluding carboxylic acids is 1. The highest BCUT2D eigenvalue weighted by molar-refractivity contribution is 5.79. The van der Waals surface area contributed by atoms with Crippen LogP contribution in [0.1, 0.15) is 30.3 Å². The van der Waals surface area contributed by atoms with E-state index in [9.17, 15) is 4.79 Å². The minimum absolute atomic E-state index is 0.00727. The molecular weight excluding hydrogens is 318 g/mol. The first-order valence-corrected chi connectivity index (χ1v) is 8.78. The molecule has 1 saturated heterocycles. The molecule has 25 heavy (non-hydrogen) atoms. The number of carbonyl (C=O) groups is 1. The largest absolute Gasteiger partial charge is 0.497 e. The SMILES string of the molecule is COc1cccc([C@H]2Cn3ccnc3CN2C(=O)C2CCOCC2)c1. The maximum atomic E-state index is 13.2. The Labute approximate surface area is 147 Å². The van der Waals surface area contributed by atoms with Crippen molar-refractivity contribution in [3.8, 4) is 5.75 Å². The number of fused-ring (bicyclic) bond motifs is 1. The minimum Gasteiger partial charge on any atom is -0.497 e. The van der Waals surface area contributed by atoms with Crippen molar-refractivity contribution in [2.45, 2.75) is 32.0 Å². The van der Waals surface area contributed by atoms with Gasteiger partial charge < -0.3 is 18.9 Å². The van der Waals surface area contributed by atoms with Crippen molar-refractivity contribution in [2.24, 2.45) is 5.92 Å². The monoisotopic (exact) mass is 341 g/mol. The van der Waals surface area contributed by atoms with Crippen LogP contribution < -0.4 is 4.74 Å². The van der Waals surface area contributed by atoms with Crippen LogP contribution in [0.2, 0.25) is 0 Å². The van der Waals surface area contributed by atoms with Crippen LogP contribution in [0, 0.1) is 5.92 Å². The van der Waals surface area contributed by atoms with E-state index in [2.05, 4.69) is 15.6 Å². The van der Waals surface area contributed by atoms with Crippen molar-refractivity contribution in [3.05, 3.63) is 48.0 Å². The molecule has 6 heteroatoms. The number of rotatable bonds is 3. The van der Waals surface area contributed by atoms with Gasteiger partial charge in [-0.05, 0) is 30.5 Å². The molecule has 0 radical (unpaired) electrons. The second-order valence-corrected chi connectivity index (χ2v) is 6.64. The van der Waals surface area contributed by atoms with Crippen molar-refractivity contribution in [1.29, 1.82) is 0 Å². The van der Waals surface area contributed by atoms with Gasteiger partial charge in [0.2, 0.25) is 5.91 Å². The van der Waals surface area contributed by atoms with Gasteiger partial charge in [0.15, 0.2) is 0 Å². The molecule has 0 spiro atoms. The van der Waals surface area contributed by atoms with Gasteiger partial charge in [0.1, 0.15) is 11.6 Å². The normalized spacial score (nSPS) is 21.0. The molecule has 3 heterocycles. The lowest BCUT2D eigenvalue weighted by atomic mass is 9.95. The predicted molar refractivity (Wildman–Crippen MR) is 92.1 cm³/mol. The van der Waals surface area contributed by atoms with Crippen molar-refractivity contribution in [3.63, 3.8) is 0 Å². The van der Waals surface area contributed by atoms with Gasteiger partial charge in [0, 0.05) is 38.1 Å². The molecule has 0 aliphatic carbocycles. The van der Waals surface area contributed by atoms with E-state index in [1.165, 1.54) is 0 Å². The summed E-state index contributed by atoms with van der Waals surface area (Å²) in [5.41, 5.74) is 1.10. The lowest BCUT2D eigenvalue weighted by molar-refractivity contribution is -0.143. The van der Waals surface area contributed by atoms with Crippen molar-refractivity contribution in [2.75, 3.05) is 20.3 Å². The lowest BCUT2D eigenvalue weighted by Crippen LogP contribution is -2.45. The molecule has 4 rings (SSSR count). The lowest BCUT2D eigenvalue weighted by Gasteiger charge is -2.39. The Kier molecular flexibility index (Phi) is 4.44. The third kappa shape index (κ3) is 3.14. The highest BCUT2D eigenvalue weighted by Gasteiger charge is 2.35. The summed E-state index contributed by atoms with van der Waals surface area (Å²) in [5, 5.41) is 0. The van der Waals surface area contributed by atoms with Crippen LogP contribution in [0.15, 0.2) is 36.7 Å². The van der Waals surface area contributed by atoms with Crippen LogP contribution in [-0.4, -0.2) is 40.7 Å². The van der Waals surface area contributed by atoms with Crippen molar-refractivity contribution >= 4 is 5.91 Å². The smallest absolute Gasteiger partial charge is 0.226 e. The molecule has 6 nitrogen and oxygen atoms in total. The Morgan fingerprint density at radius 3 is 2.96 bits per heavy atom. The van der Waals surface area contributed by atoms with Gasteiger partial charge >= 0.3 is 0 Å². The number of aromatic nitrogens is 2. The third-order valence-electron chi connectivity index (χ3n) is 5.19. The van der Waals surface area contributed by atoms with Crippen LogP contribution in [0.5, 0.6) is 5.75 Å². The Morgan fingerprint density at radius 1 is 1.32 bits per heavy atom. The van der Waals surface area contributed by atoms with Gasteiger partial charge in [0.25, 0.3) is 0 Å². The molecule has 2 aromatic rings. The zero-order chi connectivity index (χ0) is 17.2. The number of imidazole rings is 1. The molecule has 0 N–H and O–H groups in total. The Morgan fingerprint density at radius 2 is 2.16 bits per heavy atom. The second kappa shape index (κ2) is 6.88. The molecule has 0 unspecified atom stereocenters. The highest BCUT2D eigenvalue weighted by Crippen LogP contribution is 2.33. The van der Waals surface area contributed by atoms with E-state index in [0.717, 1.165) is 36.5 Å². The molecule has 1 fully saturated rings. The number of methoxy groups -OCH3 is 1. The van der Waals surface area contributed by atoms with Crippen LogP contribution in [-0.2, 0) is 22.6 Å². The van der Waals surface area contributed by atoms with Crippen LogP contribution in [0.4, 0.5) is 0 Å². The first kappa shape index (κ1) is 16.1. The molecule has 2 aliphatic heterocycles. The maximum absolute atomic E-state index is 13.2. The zero-order valence-corrected chi connectivity index (χ0v) is 14.4. The Hall–Kier alpha value is -2.34. The fraction of sp³-hybridized carbons (Fsp3) is 0.474. The van der Waals surface area contributed by atoms with E-state index < -0.39 is 0 Å². The summed E-state index contributed by atoms with van der Waals surface area (Å²) >= 11 is 0. The summed E-state index contributed by atoms with van der Waals surface area (Å²) < 4.78 is 12.9. The van der Waals surface area contributed by atoms with Gasteiger partial charge in [-0.2, -0.15) is 0 Å². The standard InChI is InChI=1S/C19H23N3O3/c1-24-16-4-2-3-15(11-16)17-12-21-8-7-20-18(21)13-22(17)19(23)14-5-9-25-10-6-14/h2-4,7-8,11,14,17H,5-6,9-10,12-13H2,1H3/t17-/m1/s1. The molecule has 2 aliphatic rings. The topological polar surface area (TPSA) is 56.6 Å². The second-order valence-electron chi connectivity index (χ2n) is 6.64. The maximum Gasteiger partial charge on any atom is 0.226 e. The average molecular weight is 341 g/mol. The van der Waals surface area contributed by atoms with E-state index in [4.69, 9.17) is 9.47 Å². The first-order chi connectivity index (χ1) is 12.3. The minimum atomic E-state index is -0.00727. The van der Waals surface area contributed by atoms with Gasteiger partial charge in [-0.25, -0.2) is 4.98 Å². The molecule has 132 valence electrons. The number of hydrogen-bond acceptors (Lipinski definition) is 4. The number of ether oxygens (including phenoxy) is 2. The number of amides is 1. The zero-order valence-electron chi connectivity index (χ0n) is 14.4. The molecule has 1 amide bonds. The van der Waals surface area contributed by atoms with Crippen molar-refractivity contribution < 1.29 is 14.3 Å². The fourth-order valence-corrected chi connectivity index (χ4v) is 3.75. The molecule has 0 saturated carbocycles. The molecule has 1 aromatic heterocycles. The molecule has 1 aromatic carbocycles. The number of hydrogen-bond donors (Lipinski definition) is 0. The summed E-state index contributed by atoms with van der Waals surface area (Å²) in [6.07, 6.45) is 5.39. The summed E-state index contributed by atoms with van der Waals surface area (Å²) in [5.74, 6) is 2.01. The summed E-state index contributed by atoms with van der Waals surface area (Å²) in [6.45, 7) is 2.61. The average Bonchev–Trinajstić information content (AvgIpc) is 3.14. The van der Waals surface area contributed by atoms with E-state index >= 15 is 0 Å². The highest BCUT2D eigenvalue weighted by atomic mass is 16.5. The quantitative estimate of drug-likeness (QED) is 0.860. The van der Waals surface area contributed by atoms with Gasteiger partial charge in [-0.1, -0.05) is 12.1 Å². The van der Waals surface area contributed by atoms with Crippen molar-refractivity contribution in [1.82, 2.24) is 14.5 Å². The summed E-state index contributed by atoms with van der Waals surface area (Å²) in [4.78, 5) is 19.6. The number of benzene rings is 1. The molecule has 0 bridgehead atoms. The molecule has 1 atom stereocenters. The summed E-state index contributed by atoms with van der Waals surface area (Å²) in [6, 6.07) is 8.00. The van der Waals surface area contributed by atoms with E-state index in [-0.39, 0.29) is 17.9 Å². The van der Waals surface area contributed by atoms with E-state index in [1.54, 1.807) is 13.3 Å². The Balaban J connectivity index is 1.66. The van der Waals surface area contributed by atoms with Crippen LogP contribution in [0.3, 0.4) is 0 Å². The number of nitrogens with zero attached hydrogens (tertiary/aromatic N) is 3. The van der Waals surface area contributed by atoms with Gasteiger partial charge in [-0.15, -0.1) is 0 Å². The van der Waals surface area contributed by atoms with E-state index in [1.807, 2.05) is 29.3 Å². The van der Waals surface area contributed by atoms with Gasteiger partial charge in [-0.3, -0.25) is 4.79 Å². The Bertz CT molecular complexity index is 752. The summed E-state index contributed by atoms with van der Waals surface area (Å²) in [7, 11) is 1.67. The van der Waals surface area contributed by atoms with Gasteiger partial charge in [0.05, 0.1) is 19.7 Å². The van der Waals surface area contributed by atoms with Crippen LogP contribution in [0.25, 0.3) is 0 Å². The van der Waals surface area contributed by atoms with E-state index in [0.29, 0.717) is 19.8 Å². The predicted octanol–water partition coefficient (Wildman–Crippen LogP) is 2.40. The third-order valence-corrected chi connectivity index (χ3v) is 5.19.